The van der Waals surface area contributed by atoms with Gasteiger partial charge in [0.25, 0.3) is 0 Å². The summed E-state index contributed by atoms with van der Waals surface area (Å²) < 4.78 is 6.25. The van der Waals surface area contributed by atoms with E-state index in [0.717, 1.165) is 0 Å². The first-order valence-electron chi connectivity index (χ1n) is 6.54. The smallest absolute Gasteiger partial charge is 0.311 e. The van der Waals surface area contributed by atoms with Crippen LogP contribution in [0.2, 0.25) is 5.02 Å². The fraction of sp³-hybridized carbons (Fsp3) is 0.250. The van der Waals surface area contributed by atoms with Crippen LogP contribution >= 0.6 is 11.6 Å². The SMILES string of the molecule is COC(=O)Cc1ccc(C(O)(C#N)c2ccc(Cl)cc2)n1C. The summed E-state index contributed by atoms with van der Waals surface area (Å²) in [5, 5.41) is 20.8. The van der Waals surface area contributed by atoms with Crippen LogP contribution in [0.1, 0.15) is 17.0 Å². The van der Waals surface area contributed by atoms with E-state index in [0.29, 0.717) is 22.0 Å². The molecule has 22 heavy (non-hydrogen) atoms. The Balaban J connectivity index is 2.46. The van der Waals surface area contributed by atoms with E-state index in [9.17, 15) is 15.2 Å². The van der Waals surface area contributed by atoms with Gasteiger partial charge < -0.3 is 14.4 Å². The quantitative estimate of drug-likeness (QED) is 0.692. The third-order valence-electron chi connectivity index (χ3n) is 3.57. The summed E-state index contributed by atoms with van der Waals surface area (Å²) in [6.45, 7) is 0. The minimum Gasteiger partial charge on any atom is -0.469 e. The number of nitriles is 1. The standard InChI is InChI=1S/C16H15ClN2O3/c1-19-13(9-15(20)22-2)7-8-14(19)16(21,10-18)11-3-5-12(17)6-4-11/h3-8,21H,9H2,1-2H3. The molecule has 2 aromatic rings. The second-order valence-electron chi connectivity index (χ2n) is 4.85. The van der Waals surface area contributed by atoms with E-state index in [-0.39, 0.29) is 12.4 Å². The zero-order valence-corrected chi connectivity index (χ0v) is 13.0. The number of carbonyl (C=O) groups excluding carboxylic acids is 1. The fourth-order valence-corrected chi connectivity index (χ4v) is 2.40. The number of benzene rings is 1. The number of esters is 1. The van der Waals surface area contributed by atoms with Crippen molar-refractivity contribution in [1.82, 2.24) is 4.57 Å². The summed E-state index contributed by atoms with van der Waals surface area (Å²) in [6, 6.07) is 11.6. The van der Waals surface area contributed by atoms with Gasteiger partial charge in [-0.2, -0.15) is 5.26 Å². The molecule has 5 nitrogen and oxygen atoms in total. The van der Waals surface area contributed by atoms with Gasteiger partial charge in [0.05, 0.1) is 19.2 Å². The maximum Gasteiger partial charge on any atom is 0.311 e. The molecule has 1 unspecified atom stereocenters. The number of methoxy groups -OCH3 is 1. The van der Waals surface area contributed by atoms with E-state index in [1.54, 1.807) is 48.0 Å². The van der Waals surface area contributed by atoms with Gasteiger partial charge in [-0.05, 0) is 24.3 Å². The summed E-state index contributed by atoms with van der Waals surface area (Å²) in [6.07, 6.45) is 0.0646. The molecular formula is C16H15ClN2O3. The zero-order valence-electron chi connectivity index (χ0n) is 12.2. The summed E-state index contributed by atoms with van der Waals surface area (Å²) >= 11 is 5.84. The molecule has 1 atom stereocenters. The Morgan fingerprint density at radius 3 is 2.55 bits per heavy atom. The second-order valence-corrected chi connectivity index (χ2v) is 5.29. The van der Waals surface area contributed by atoms with Crippen LogP contribution in [0.15, 0.2) is 36.4 Å². The maximum atomic E-state index is 11.4. The Morgan fingerprint density at radius 2 is 2.00 bits per heavy atom. The van der Waals surface area contributed by atoms with Gasteiger partial charge in [0.2, 0.25) is 5.60 Å². The molecule has 114 valence electrons. The van der Waals surface area contributed by atoms with Crippen LogP contribution in [0.25, 0.3) is 0 Å². The molecule has 0 fully saturated rings. The summed E-state index contributed by atoms with van der Waals surface area (Å²) in [4.78, 5) is 11.4. The lowest BCUT2D eigenvalue weighted by atomic mass is 9.92. The number of hydrogen-bond donors (Lipinski definition) is 1. The number of rotatable bonds is 4. The molecule has 0 radical (unpaired) electrons. The van der Waals surface area contributed by atoms with Gasteiger partial charge in [-0.15, -0.1) is 0 Å². The predicted octanol–water partition coefficient (Wildman–Crippen LogP) is 2.15. The molecule has 1 aromatic heterocycles. The molecule has 1 N–H and O–H groups in total. The Kier molecular flexibility index (Phi) is 4.55. The summed E-state index contributed by atoms with van der Waals surface area (Å²) in [7, 11) is 3.00. The van der Waals surface area contributed by atoms with Crippen LogP contribution < -0.4 is 0 Å². The van der Waals surface area contributed by atoms with Crippen molar-refractivity contribution in [2.24, 2.45) is 7.05 Å². The molecule has 6 heteroatoms. The van der Waals surface area contributed by atoms with Crippen molar-refractivity contribution in [1.29, 1.82) is 5.26 Å². The number of halogens is 1. The third kappa shape index (κ3) is 2.84. The van der Waals surface area contributed by atoms with Crippen LogP contribution in [0.5, 0.6) is 0 Å². The first kappa shape index (κ1) is 16.1. The van der Waals surface area contributed by atoms with Crippen LogP contribution in [0.3, 0.4) is 0 Å². The number of aliphatic hydroxyl groups is 1. The highest BCUT2D eigenvalue weighted by atomic mass is 35.5. The van der Waals surface area contributed by atoms with E-state index in [2.05, 4.69) is 4.74 Å². The lowest BCUT2D eigenvalue weighted by molar-refractivity contribution is -0.139. The van der Waals surface area contributed by atoms with Crippen molar-refractivity contribution in [2.45, 2.75) is 12.0 Å². The molecule has 0 aliphatic heterocycles. The normalized spacial score (nSPS) is 13.2. The van der Waals surface area contributed by atoms with Crippen molar-refractivity contribution < 1.29 is 14.6 Å². The lowest BCUT2D eigenvalue weighted by Crippen LogP contribution is -2.28. The first-order valence-corrected chi connectivity index (χ1v) is 6.91. The van der Waals surface area contributed by atoms with Crippen LogP contribution in [-0.2, 0) is 28.6 Å². The van der Waals surface area contributed by atoms with E-state index < -0.39 is 5.60 Å². The van der Waals surface area contributed by atoms with Gasteiger partial charge in [-0.3, -0.25) is 4.79 Å². The third-order valence-corrected chi connectivity index (χ3v) is 3.83. The van der Waals surface area contributed by atoms with Crippen LogP contribution in [-0.4, -0.2) is 22.8 Å². The molecular weight excluding hydrogens is 304 g/mol. The predicted molar refractivity (Wildman–Crippen MR) is 81.2 cm³/mol. The highest BCUT2D eigenvalue weighted by molar-refractivity contribution is 6.30. The van der Waals surface area contributed by atoms with Crippen molar-refractivity contribution >= 4 is 17.6 Å². The molecule has 2 rings (SSSR count). The number of nitrogens with zero attached hydrogens (tertiary/aromatic N) is 2. The molecule has 1 heterocycles. The average Bonchev–Trinajstić information content (AvgIpc) is 2.88. The minimum absolute atomic E-state index is 0.0646. The Morgan fingerprint density at radius 1 is 1.36 bits per heavy atom. The fourth-order valence-electron chi connectivity index (χ4n) is 2.28. The van der Waals surface area contributed by atoms with E-state index in [1.807, 2.05) is 6.07 Å². The molecule has 0 saturated heterocycles. The molecule has 0 saturated carbocycles. The van der Waals surface area contributed by atoms with Crippen molar-refractivity contribution in [3.8, 4) is 6.07 Å². The molecule has 0 aliphatic rings. The Labute approximate surface area is 133 Å². The van der Waals surface area contributed by atoms with E-state index in [4.69, 9.17) is 11.6 Å². The van der Waals surface area contributed by atoms with Crippen LogP contribution in [0, 0.1) is 11.3 Å². The Hall–Kier alpha value is -2.29. The maximum absolute atomic E-state index is 11.4. The molecule has 1 aromatic carbocycles. The van der Waals surface area contributed by atoms with Gasteiger partial charge in [-0.1, -0.05) is 23.7 Å². The van der Waals surface area contributed by atoms with Crippen molar-refractivity contribution in [2.75, 3.05) is 7.11 Å². The largest absolute Gasteiger partial charge is 0.469 e. The van der Waals surface area contributed by atoms with Crippen LogP contribution in [0.4, 0.5) is 0 Å². The monoisotopic (exact) mass is 318 g/mol. The summed E-state index contributed by atoms with van der Waals surface area (Å²) in [5.74, 6) is -0.389. The van der Waals surface area contributed by atoms with E-state index in [1.165, 1.54) is 7.11 Å². The molecule has 0 aliphatic carbocycles. The van der Waals surface area contributed by atoms with Gasteiger partial charge >= 0.3 is 5.97 Å². The van der Waals surface area contributed by atoms with Gasteiger partial charge in [0.15, 0.2) is 0 Å². The highest BCUT2D eigenvalue weighted by Crippen LogP contribution is 2.31. The number of aromatic nitrogens is 1. The van der Waals surface area contributed by atoms with Gasteiger partial charge in [0, 0.05) is 23.3 Å². The molecule has 0 spiro atoms. The number of ether oxygens (including phenoxy) is 1. The van der Waals surface area contributed by atoms with Gasteiger partial charge in [0.1, 0.15) is 6.07 Å². The lowest BCUT2D eigenvalue weighted by Gasteiger charge is -2.22. The zero-order chi connectivity index (χ0) is 16.3. The number of hydrogen-bond acceptors (Lipinski definition) is 4. The highest BCUT2D eigenvalue weighted by Gasteiger charge is 2.34. The Bertz CT molecular complexity index is 731. The molecule has 0 amide bonds. The van der Waals surface area contributed by atoms with Crippen molar-refractivity contribution in [3.05, 3.63) is 58.4 Å². The first-order chi connectivity index (χ1) is 10.4. The second kappa shape index (κ2) is 6.22. The van der Waals surface area contributed by atoms with E-state index >= 15 is 0 Å². The number of carbonyl (C=O) groups is 1. The minimum atomic E-state index is -1.83. The van der Waals surface area contributed by atoms with Crippen molar-refractivity contribution in [3.63, 3.8) is 0 Å². The molecule has 0 bridgehead atoms. The topological polar surface area (TPSA) is 75.2 Å². The van der Waals surface area contributed by atoms with Gasteiger partial charge in [-0.25, -0.2) is 0 Å². The summed E-state index contributed by atoms with van der Waals surface area (Å²) in [5.41, 5.74) is -0.404. The average molecular weight is 319 g/mol.